The smallest absolute Gasteiger partial charge is 0.322 e. The van der Waals surface area contributed by atoms with Crippen molar-refractivity contribution in [1.82, 2.24) is 14.5 Å². The normalized spacial score (nSPS) is 11.7. The van der Waals surface area contributed by atoms with Crippen LogP contribution in [-0.4, -0.2) is 42.9 Å². The fourth-order valence-corrected chi connectivity index (χ4v) is 3.77. The van der Waals surface area contributed by atoms with E-state index >= 15 is 0 Å². The maximum Gasteiger partial charge on any atom is 0.322 e. The highest BCUT2D eigenvalue weighted by Crippen LogP contribution is 2.23. The van der Waals surface area contributed by atoms with Gasteiger partial charge >= 0.3 is 6.01 Å². The molecule has 0 fully saturated rings. The molecule has 0 bridgehead atoms. The Hall–Kier alpha value is -3.56. The minimum absolute atomic E-state index is 0.0480. The van der Waals surface area contributed by atoms with Crippen molar-refractivity contribution in [1.29, 1.82) is 0 Å². The average Bonchev–Trinajstić information content (AvgIpc) is 3.21. The summed E-state index contributed by atoms with van der Waals surface area (Å²) < 4.78 is 30.9. The van der Waals surface area contributed by atoms with Gasteiger partial charge < -0.3 is 4.42 Å². The van der Waals surface area contributed by atoms with Gasteiger partial charge in [-0.15, -0.1) is 5.10 Å². The second-order valence-corrected chi connectivity index (χ2v) is 8.89. The number of hydrogen-bond acceptors (Lipinski definition) is 6. The summed E-state index contributed by atoms with van der Waals surface area (Å²) in [6.45, 7) is 0. The van der Waals surface area contributed by atoms with Gasteiger partial charge in [0.1, 0.15) is 0 Å². The number of benzene rings is 3. The maximum absolute atomic E-state index is 12.5. The minimum atomic E-state index is -3.52. The third-order valence-corrected chi connectivity index (χ3v) is 6.37. The summed E-state index contributed by atoms with van der Waals surface area (Å²) in [5, 5.41) is 12.3. The number of nitrogens with one attached hydrogen (secondary N) is 1. The molecule has 0 saturated carbocycles. The van der Waals surface area contributed by atoms with Crippen LogP contribution in [-0.2, 0) is 10.0 Å². The highest BCUT2D eigenvalue weighted by molar-refractivity contribution is 7.89. The molecule has 4 rings (SSSR count). The van der Waals surface area contributed by atoms with Crippen LogP contribution in [0.4, 0.5) is 6.01 Å². The average molecular weight is 422 g/mol. The summed E-state index contributed by atoms with van der Waals surface area (Å²) in [5.74, 6) is -0.207. The van der Waals surface area contributed by atoms with E-state index in [0.717, 1.165) is 15.1 Å². The molecule has 0 radical (unpaired) electrons. The highest BCUT2D eigenvalue weighted by Gasteiger charge is 2.18. The molecule has 1 N–H and O–H groups in total. The lowest BCUT2D eigenvalue weighted by Gasteiger charge is -2.11. The Morgan fingerprint density at radius 3 is 2.33 bits per heavy atom. The zero-order valence-electron chi connectivity index (χ0n) is 16.2. The number of fused-ring (bicyclic) bond motifs is 1. The van der Waals surface area contributed by atoms with Crippen LogP contribution in [0, 0.1) is 0 Å². The van der Waals surface area contributed by atoms with Crippen LogP contribution in [0.15, 0.2) is 76.0 Å². The van der Waals surface area contributed by atoms with Crippen molar-refractivity contribution in [2.24, 2.45) is 0 Å². The van der Waals surface area contributed by atoms with E-state index in [2.05, 4.69) is 15.5 Å². The van der Waals surface area contributed by atoms with Crippen molar-refractivity contribution in [3.63, 3.8) is 0 Å². The molecular weight excluding hydrogens is 404 g/mol. The summed E-state index contributed by atoms with van der Waals surface area (Å²) in [7, 11) is -0.595. The Morgan fingerprint density at radius 2 is 1.63 bits per heavy atom. The molecule has 0 saturated heterocycles. The lowest BCUT2D eigenvalue weighted by atomic mass is 10.1. The van der Waals surface area contributed by atoms with E-state index < -0.39 is 10.0 Å². The molecule has 9 heteroatoms. The summed E-state index contributed by atoms with van der Waals surface area (Å²) in [5.41, 5.74) is 0.998. The quantitative estimate of drug-likeness (QED) is 0.528. The van der Waals surface area contributed by atoms with E-state index in [1.807, 2.05) is 30.3 Å². The number of carbonyl (C=O) groups excluding carboxylic acids is 1. The van der Waals surface area contributed by atoms with Crippen molar-refractivity contribution in [3.05, 3.63) is 72.3 Å². The first-order chi connectivity index (χ1) is 14.3. The summed E-state index contributed by atoms with van der Waals surface area (Å²) in [6, 6.07) is 19.1. The van der Waals surface area contributed by atoms with Crippen molar-refractivity contribution in [3.8, 4) is 11.5 Å². The zero-order valence-corrected chi connectivity index (χ0v) is 17.1. The number of carbonyl (C=O) groups is 1. The third-order valence-electron chi connectivity index (χ3n) is 4.54. The van der Waals surface area contributed by atoms with Crippen LogP contribution in [0.25, 0.3) is 22.2 Å². The topological polar surface area (TPSA) is 105 Å². The van der Waals surface area contributed by atoms with E-state index in [0.29, 0.717) is 11.1 Å². The van der Waals surface area contributed by atoms with Gasteiger partial charge in [-0.3, -0.25) is 10.1 Å². The predicted octanol–water partition coefficient (Wildman–Crippen LogP) is 3.39. The fourth-order valence-electron chi connectivity index (χ4n) is 2.87. The molecule has 1 heterocycles. The molecule has 30 heavy (non-hydrogen) atoms. The number of nitrogens with zero attached hydrogens (tertiary/aromatic N) is 3. The Kier molecular flexibility index (Phi) is 5.06. The van der Waals surface area contributed by atoms with E-state index in [1.54, 1.807) is 24.3 Å². The van der Waals surface area contributed by atoms with Gasteiger partial charge in [-0.25, -0.2) is 12.7 Å². The lowest BCUT2D eigenvalue weighted by Crippen LogP contribution is -2.22. The molecule has 0 aliphatic carbocycles. The largest absolute Gasteiger partial charge is 0.403 e. The molecule has 8 nitrogen and oxygen atoms in total. The molecule has 0 spiro atoms. The molecule has 0 unspecified atom stereocenters. The van der Waals surface area contributed by atoms with Crippen molar-refractivity contribution in [2.45, 2.75) is 4.90 Å². The second-order valence-electron chi connectivity index (χ2n) is 6.74. The maximum atomic E-state index is 12.5. The summed E-state index contributed by atoms with van der Waals surface area (Å²) >= 11 is 0. The number of hydrogen-bond donors (Lipinski definition) is 1. The van der Waals surface area contributed by atoms with E-state index in [9.17, 15) is 13.2 Å². The van der Waals surface area contributed by atoms with Gasteiger partial charge in [-0.05, 0) is 47.2 Å². The van der Waals surface area contributed by atoms with Crippen LogP contribution >= 0.6 is 0 Å². The van der Waals surface area contributed by atoms with Crippen molar-refractivity contribution < 1.29 is 17.6 Å². The Morgan fingerprint density at radius 1 is 0.933 bits per heavy atom. The summed E-state index contributed by atoms with van der Waals surface area (Å²) in [4.78, 5) is 12.7. The minimum Gasteiger partial charge on any atom is -0.403 e. The van der Waals surface area contributed by atoms with Gasteiger partial charge in [0.05, 0.1) is 4.90 Å². The van der Waals surface area contributed by atoms with E-state index in [-0.39, 0.29) is 22.7 Å². The SMILES string of the molecule is CN(C)S(=O)(=O)c1ccc(-c2nnc(NC(=O)c3ccc4ccccc4c3)o2)cc1. The molecule has 1 amide bonds. The molecular formula is C21H18N4O4S. The van der Waals surface area contributed by atoms with Crippen LogP contribution in [0.2, 0.25) is 0 Å². The lowest BCUT2D eigenvalue weighted by molar-refractivity contribution is 0.102. The first-order valence-electron chi connectivity index (χ1n) is 9.01. The second kappa shape index (κ2) is 7.69. The summed E-state index contributed by atoms with van der Waals surface area (Å²) in [6.07, 6.45) is 0. The Balaban J connectivity index is 1.51. The Bertz CT molecular complexity index is 1330. The van der Waals surface area contributed by atoms with Gasteiger partial charge in [0, 0.05) is 25.2 Å². The molecule has 0 aliphatic rings. The third kappa shape index (κ3) is 3.80. The highest BCUT2D eigenvalue weighted by atomic mass is 32.2. The van der Waals surface area contributed by atoms with Crippen molar-refractivity contribution >= 4 is 32.7 Å². The van der Waals surface area contributed by atoms with Crippen molar-refractivity contribution in [2.75, 3.05) is 19.4 Å². The number of sulfonamides is 1. The molecule has 3 aromatic carbocycles. The van der Waals surface area contributed by atoms with Crippen LogP contribution in [0.3, 0.4) is 0 Å². The molecule has 1 aromatic heterocycles. The standard InChI is InChI=1S/C21H18N4O4S/c1-25(2)30(27,28)18-11-9-15(10-12-18)20-23-24-21(29-20)22-19(26)17-8-7-14-5-3-4-6-16(14)13-17/h3-13H,1-2H3,(H,22,24,26). The number of amides is 1. The van der Waals surface area contributed by atoms with Gasteiger partial charge in [-0.2, -0.15) is 0 Å². The Labute approximate surface area is 173 Å². The van der Waals surface area contributed by atoms with Crippen LogP contribution in [0.5, 0.6) is 0 Å². The zero-order chi connectivity index (χ0) is 21.3. The molecule has 0 atom stereocenters. The molecule has 4 aromatic rings. The fraction of sp³-hybridized carbons (Fsp3) is 0.0952. The first-order valence-corrected chi connectivity index (χ1v) is 10.5. The molecule has 152 valence electrons. The number of anilines is 1. The van der Waals surface area contributed by atoms with E-state index in [4.69, 9.17) is 4.42 Å². The van der Waals surface area contributed by atoms with Gasteiger partial charge in [-0.1, -0.05) is 35.4 Å². The van der Waals surface area contributed by atoms with Gasteiger partial charge in [0.2, 0.25) is 15.9 Å². The monoisotopic (exact) mass is 422 g/mol. The van der Waals surface area contributed by atoms with Crippen LogP contribution in [0.1, 0.15) is 10.4 Å². The number of rotatable bonds is 5. The first kappa shape index (κ1) is 19.7. The van der Waals surface area contributed by atoms with Crippen LogP contribution < -0.4 is 5.32 Å². The number of aromatic nitrogens is 2. The van der Waals surface area contributed by atoms with E-state index in [1.165, 1.54) is 26.2 Å². The molecule has 0 aliphatic heterocycles. The predicted molar refractivity (Wildman–Crippen MR) is 113 cm³/mol. The van der Waals surface area contributed by atoms with Gasteiger partial charge in [0.15, 0.2) is 0 Å². The van der Waals surface area contributed by atoms with Gasteiger partial charge in [0.25, 0.3) is 5.91 Å².